The molecule has 1 amide bonds. The Balaban J connectivity index is 2.04. The fraction of sp³-hybridized carbons (Fsp3) is 0.316. The Kier molecular flexibility index (Phi) is 5.59. The lowest BCUT2D eigenvalue weighted by Crippen LogP contribution is -2.38. The van der Waals surface area contributed by atoms with E-state index in [4.69, 9.17) is 11.5 Å². The van der Waals surface area contributed by atoms with E-state index in [0.29, 0.717) is 12.0 Å². The quantitative estimate of drug-likeness (QED) is 0.584. The molecule has 0 aliphatic rings. The summed E-state index contributed by atoms with van der Waals surface area (Å²) in [6.07, 6.45) is 2.12. The molecule has 0 aromatic heterocycles. The maximum absolute atomic E-state index is 11.3. The van der Waals surface area contributed by atoms with Gasteiger partial charge in [-0.2, -0.15) is 0 Å². The highest BCUT2D eigenvalue weighted by Crippen LogP contribution is 2.29. The van der Waals surface area contributed by atoms with Gasteiger partial charge in [0, 0.05) is 0 Å². The minimum Gasteiger partial charge on any atom is -0.507 e. The number of aromatic hydroxyl groups is 1. The molecule has 2 aromatic carbocycles. The van der Waals surface area contributed by atoms with Gasteiger partial charge in [0.05, 0.1) is 5.56 Å². The van der Waals surface area contributed by atoms with Crippen molar-refractivity contribution in [3.05, 3.63) is 65.2 Å². The van der Waals surface area contributed by atoms with E-state index in [-0.39, 0.29) is 17.2 Å². The molecule has 0 heterocycles. The van der Waals surface area contributed by atoms with E-state index in [9.17, 15) is 15.0 Å². The fourth-order valence-corrected chi connectivity index (χ4v) is 2.81. The van der Waals surface area contributed by atoms with Crippen molar-refractivity contribution in [2.75, 3.05) is 0 Å². The SMILES string of the molecule is C[C@H](CCc1ccccc1)C[C@@](N)(O)c1ccc(O)c(C(N)=O)c1. The molecule has 0 bridgehead atoms. The summed E-state index contributed by atoms with van der Waals surface area (Å²) in [6, 6.07) is 14.3. The molecule has 2 rings (SSSR count). The van der Waals surface area contributed by atoms with Gasteiger partial charge >= 0.3 is 0 Å². The van der Waals surface area contributed by atoms with Crippen LogP contribution < -0.4 is 11.5 Å². The smallest absolute Gasteiger partial charge is 0.252 e. The molecule has 0 spiro atoms. The Labute approximate surface area is 141 Å². The summed E-state index contributed by atoms with van der Waals surface area (Å²) in [4.78, 5) is 11.3. The summed E-state index contributed by atoms with van der Waals surface area (Å²) < 4.78 is 0. The van der Waals surface area contributed by atoms with E-state index < -0.39 is 11.6 Å². The Morgan fingerprint density at radius 1 is 1.21 bits per heavy atom. The molecule has 5 heteroatoms. The van der Waals surface area contributed by atoms with Gasteiger partial charge in [-0.15, -0.1) is 0 Å². The molecule has 5 nitrogen and oxygen atoms in total. The van der Waals surface area contributed by atoms with Crippen LogP contribution in [0.15, 0.2) is 48.5 Å². The number of carbonyl (C=O) groups excluding carboxylic acids is 1. The summed E-state index contributed by atoms with van der Waals surface area (Å²) in [5.41, 5.74) is 11.2. The van der Waals surface area contributed by atoms with Crippen molar-refractivity contribution < 1.29 is 15.0 Å². The summed E-state index contributed by atoms with van der Waals surface area (Å²) in [7, 11) is 0. The Morgan fingerprint density at radius 2 is 1.88 bits per heavy atom. The second-order valence-corrected chi connectivity index (χ2v) is 6.35. The number of aryl methyl sites for hydroxylation is 1. The zero-order valence-corrected chi connectivity index (χ0v) is 13.8. The van der Waals surface area contributed by atoms with E-state index >= 15 is 0 Å². The number of rotatable bonds is 7. The van der Waals surface area contributed by atoms with Crippen LogP contribution in [0.4, 0.5) is 0 Å². The second-order valence-electron chi connectivity index (χ2n) is 6.35. The summed E-state index contributed by atoms with van der Waals surface area (Å²) in [5.74, 6) is -0.813. The third-order valence-corrected chi connectivity index (χ3v) is 4.19. The normalized spacial score (nSPS) is 14.8. The molecule has 0 saturated carbocycles. The lowest BCUT2D eigenvalue weighted by atomic mass is 9.88. The standard InChI is InChI=1S/C19H24N2O3/c1-13(7-8-14-5-3-2-4-6-14)12-19(21,24)15-9-10-17(22)16(11-15)18(20)23/h2-6,9-11,13,22,24H,7-8,12,21H2,1H3,(H2,20,23)/t13-,19-/m1/s1. The zero-order chi connectivity index (χ0) is 17.7. The lowest BCUT2D eigenvalue weighted by Gasteiger charge is -2.27. The predicted octanol–water partition coefficient (Wildman–Crippen LogP) is 2.25. The first kappa shape index (κ1) is 18.0. The van der Waals surface area contributed by atoms with Crippen molar-refractivity contribution in [2.24, 2.45) is 17.4 Å². The zero-order valence-electron chi connectivity index (χ0n) is 13.8. The average Bonchev–Trinajstić information content (AvgIpc) is 2.53. The van der Waals surface area contributed by atoms with Gasteiger partial charge in [0.1, 0.15) is 11.5 Å². The van der Waals surface area contributed by atoms with Crippen molar-refractivity contribution in [3.63, 3.8) is 0 Å². The van der Waals surface area contributed by atoms with Gasteiger partial charge in [-0.25, -0.2) is 0 Å². The maximum Gasteiger partial charge on any atom is 0.252 e. The van der Waals surface area contributed by atoms with Crippen LogP contribution in [0.3, 0.4) is 0 Å². The molecule has 0 unspecified atom stereocenters. The summed E-state index contributed by atoms with van der Waals surface area (Å²) in [6.45, 7) is 2.02. The molecular formula is C19H24N2O3. The third-order valence-electron chi connectivity index (χ3n) is 4.19. The van der Waals surface area contributed by atoms with Crippen LogP contribution in [-0.2, 0) is 12.1 Å². The minimum atomic E-state index is -1.59. The van der Waals surface area contributed by atoms with Crippen molar-refractivity contribution in [1.82, 2.24) is 0 Å². The molecule has 24 heavy (non-hydrogen) atoms. The van der Waals surface area contributed by atoms with Gasteiger partial charge in [0.2, 0.25) is 0 Å². The highest BCUT2D eigenvalue weighted by atomic mass is 16.3. The monoisotopic (exact) mass is 328 g/mol. The van der Waals surface area contributed by atoms with Crippen molar-refractivity contribution in [1.29, 1.82) is 0 Å². The minimum absolute atomic E-state index is 0.0479. The first-order valence-electron chi connectivity index (χ1n) is 7.98. The summed E-state index contributed by atoms with van der Waals surface area (Å²) >= 11 is 0. The fourth-order valence-electron chi connectivity index (χ4n) is 2.81. The first-order chi connectivity index (χ1) is 11.3. The highest BCUT2D eigenvalue weighted by Gasteiger charge is 2.27. The maximum atomic E-state index is 11.3. The Bertz CT molecular complexity index is 699. The number of aliphatic hydroxyl groups is 1. The highest BCUT2D eigenvalue weighted by molar-refractivity contribution is 5.95. The number of nitrogens with two attached hydrogens (primary N) is 2. The third kappa shape index (κ3) is 4.57. The van der Waals surface area contributed by atoms with Crippen LogP contribution in [0.1, 0.15) is 41.3 Å². The number of benzene rings is 2. The topological polar surface area (TPSA) is 110 Å². The van der Waals surface area contributed by atoms with Gasteiger partial charge in [-0.05, 0) is 48.4 Å². The molecule has 0 aliphatic carbocycles. The van der Waals surface area contributed by atoms with Gasteiger partial charge in [0.25, 0.3) is 5.91 Å². The summed E-state index contributed by atoms with van der Waals surface area (Å²) in [5, 5.41) is 20.2. The van der Waals surface area contributed by atoms with Crippen LogP contribution in [0.5, 0.6) is 5.75 Å². The lowest BCUT2D eigenvalue weighted by molar-refractivity contribution is 0.0183. The number of hydrogen-bond donors (Lipinski definition) is 4. The van der Waals surface area contributed by atoms with E-state index in [1.54, 1.807) is 0 Å². The van der Waals surface area contributed by atoms with Crippen molar-refractivity contribution >= 4 is 5.91 Å². The predicted molar refractivity (Wildman–Crippen MR) is 93.3 cm³/mol. The Hall–Kier alpha value is -2.37. The Morgan fingerprint density at radius 3 is 2.50 bits per heavy atom. The van der Waals surface area contributed by atoms with Gasteiger partial charge in [-0.1, -0.05) is 43.3 Å². The van der Waals surface area contributed by atoms with E-state index in [0.717, 1.165) is 12.8 Å². The van der Waals surface area contributed by atoms with Crippen molar-refractivity contribution in [3.8, 4) is 5.75 Å². The molecule has 0 aliphatic heterocycles. The van der Waals surface area contributed by atoms with Crippen LogP contribution in [-0.4, -0.2) is 16.1 Å². The average molecular weight is 328 g/mol. The van der Waals surface area contributed by atoms with E-state index in [1.807, 2.05) is 25.1 Å². The van der Waals surface area contributed by atoms with Crippen LogP contribution in [0.25, 0.3) is 0 Å². The van der Waals surface area contributed by atoms with E-state index in [2.05, 4.69) is 12.1 Å². The van der Waals surface area contributed by atoms with Crippen molar-refractivity contribution in [2.45, 2.75) is 31.9 Å². The van der Waals surface area contributed by atoms with Crippen LogP contribution >= 0.6 is 0 Å². The number of carbonyl (C=O) groups is 1. The molecule has 2 atom stereocenters. The number of hydrogen-bond acceptors (Lipinski definition) is 4. The van der Waals surface area contributed by atoms with E-state index in [1.165, 1.54) is 23.8 Å². The van der Waals surface area contributed by atoms with Crippen LogP contribution in [0.2, 0.25) is 0 Å². The van der Waals surface area contributed by atoms with Gasteiger partial charge in [-0.3, -0.25) is 10.5 Å². The number of amides is 1. The first-order valence-corrected chi connectivity index (χ1v) is 7.98. The molecule has 2 aromatic rings. The number of phenols is 1. The molecule has 0 saturated heterocycles. The molecule has 128 valence electrons. The largest absolute Gasteiger partial charge is 0.507 e. The van der Waals surface area contributed by atoms with Gasteiger partial charge < -0.3 is 15.9 Å². The molecule has 6 N–H and O–H groups in total. The number of primary amides is 1. The molecule has 0 fully saturated rings. The molecule has 0 radical (unpaired) electrons. The van der Waals surface area contributed by atoms with Crippen LogP contribution in [0, 0.1) is 5.92 Å². The second kappa shape index (κ2) is 7.47. The molecular weight excluding hydrogens is 304 g/mol. The van der Waals surface area contributed by atoms with Gasteiger partial charge in [0.15, 0.2) is 0 Å².